The molecule has 1 unspecified atom stereocenters. The Morgan fingerprint density at radius 1 is 1.24 bits per heavy atom. The van der Waals surface area contributed by atoms with Crippen molar-refractivity contribution in [3.63, 3.8) is 0 Å². The van der Waals surface area contributed by atoms with E-state index in [-0.39, 0.29) is 12.4 Å². The number of carbonyl (C=O) groups excluding carboxylic acids is 1. The van der Waals surface area contributed by atoms with Crippen LogP contribution in [-0.2, 0) is 9.53 Å². The fourth-order valence-corrected chi connectivity index (χ4v) is 2.10. The summed E-state index contributed by atoms with van der Waals surface area (Å²) in [5, 5.41) is 0.507. The smallest absolute Gasteiger partial charge is 0.316 e. The first kappa shape index (κ1) is 15.3. The molecule has 0 amide bonds. The van der Waals surface area contributed by atoms with Gasteiger partial charge in [-0.2, -0.15) is 0 Å². The molecule has 0 aliphatic carbocycles. The summed E-state index contributed by atoms with van der Waals surface area (Å²) >= 11 is 5.93. The van der Waals surface area contributed by atoms with Crippen LogP contribution in [0.15, 0.2) is 48.5 Å². The molecule has 0 saturated carbocycles. The average molecular weight is 309 g/mol. The van der Waals surface area contributed by atoms with Crippen molar-refractivity contribution in [1.29, 1.82) is 0 Å². The van der Waals surface area contributed by atoms with Gasteiger partial charge in [-0.3, -0.25) is 4.79 Å². The maximum Gasteiger partial charge on any atom is 0.316 e. The van der Waals surface area contributed by atoms with Gasteiger partial charge in [0, 0.05) is 5.02 Å². The first-order valence-electron chi connectivity index (χ1n) is 6.32. The lowest BCUT2D eigenvalue weighted by atomic mass is 10.0. The Hall–Kier alpha value is -2.07. The van der Waals surface area contributed by atoms with Gasteiger partial charge in [0.1, 0.15) is 12.5 Å². The van der Waals surface area contributed by atoms with Crippen LogP contribution in [0.3, 0.4) is 0 Å². The summed E-state index contributed by atoms with van der Waals surface area (Å²) in [4.78, 5) is 11.9. The Kier molecular flexibility index (Phi) is 5.17. The zero-order valence-electron chi connectivity index (χ0n) is 11.4. The van der Waals surface area contributed by atoms with Gasteiger partial charge < -0.3 is 9.47 Å². The van der Waals surface area contributed by atoms with Crippen LogP contribution in [0.4, 0.5) is 4.39 Å². The fraction of sp³-hybridized carbons (Fsp3) is 0.188. The molecule has 0 fully saturated rings. The van der Waals surface area contributed by atoms with E-state index in [2.05, 4.69) is 0 Å². The summed E-state index contributed by atoms with van der Waals surface area (Å²) in [5.41, 5.74) is 0.658. The normalized spacial score (nSPS) is 11.8. The largest absolute Gasteiger partial charge is 0.489 e. The fourth-order valence-electron chi connectivity index (χ4n) is 1.90. The third-order valence-electron chi connectivity index (χ3n) is 2.98. The zero-order chi connectivity index (χ0) is 15.2. The van der Waals surface area contributed by atoms with Crippen molar-refractivity contribution >= 4 is 17.6 Å². The quantitative estimate of drug-likeness (QED) is 0.788. The molecule has 0 radical (unpaired) electrons. The highest BCUT2D eigenvalue weighted by molar-refractivity contribution is 6.30. The van der Waals surface area contributed by atoms with Gasteiger partial charge in [-0.05, 0) is 29.8 Å². The molecule has 0 bridgehead atoms. The molecule has 1 atom stereocenters. The molecule has 2 aromatic rings. The minimum Gasteiger partial charge on any atom is -0.489 e. The first-order valence-corrected chi connectivity index (χ1v) is 6.70. The highest BCUT2D eigenvalue weighted by Crippen LogP contribution is 2.23. The van der Waals surface area contributed by atoms with Gasteiger partial charge in [0.2, 0.25) is 0 Å². The van der Waals surface area contributed by atoms with Gasteiger partial charge in [-0.1, -0.05) is 35.9 Å². The number of esters is 1. The highest BCUT2D eigenvalue weighted by atomic mass is 35.5. The second-order valence-corrected chi connectivity index (χ2v) is 4.81. The summed E-state index contributed by atoms with van der Waals surface area (Å²) in [6.07, 6.45) is 0. The van der Waals surface area contributed by atoms with E-state index in [0.717, 1.165) is 0 Å². The van der Waals surface area contributed by atoms with Crippen molar-refractivity contribution in [2.75, 3.05) is 13.7 Å². The molecule has 2 rings (SSSR count). The van der Waals surface area contributed by atoms with E-state index in [0.29, 0.717) is 10.6 Å². The molecule has 0 aliphatic rings. The van der Waals surface area contributed by atoms with Crippen molar-refractivity contribution in [3.8, 4) is 5.75 Å². The van der Waals surface area contributed by atoms with E-state index in [4.69, 9.17) is 21.1 Å². The Labute approximate surface area is 127 Å². The number of halogens is 2. The molecule has 5 heteroatoms. The predicted molar refractivity (Wildman–Crippen MR) is 78.1 cm³/mol. The van der Waals surface area contributed by atoms with Crippen LogP contribution in [0.2, 0.25) is 5.02 Å². The van der Waals surface area contributed by atoms with Crippen LogP contribution >= 0.6 is 11.6 Å². The lowest BCUT2D eigenvalue weighted by Gasteiger charge is -2.16. The number of para-hydroxylation sites is 1. The lowest BCUT2D eigenvalue weighted by molar-refractivity contribution is -0.143. The Morgan fingerprint density at radius 3 is 2.67 bits per heavy atom. The zero-order valence-corrected chi connectivity index (χ0v) is 12.1. The van der Waals surface area contributed by atoms with Gasteiger partial charge in [-0.25, -0.2) is 4.39 Å². The summed E-state index contributed by atoms with van der Waals surface area (Å²) in [7, 11) is 1.29. The van der Waals surface area contributed by atoms with Gasteiger partial charge in [0.05, 0.1) is 7.11 Å². The molecule has 0 aromatic heterocycles. The van der Waals surface area contributed by atoms with Crippen LogP contribution in [0, 0.1) is 5.82 Å². The second kappa shape index (κ2) is 7.09. The minimum absolute atomic E-state index is 0.0338. The van der Waals surface area contributed by atoms with E-state index in [1.165, 1.54) is 19.2 Å². The maximum absolute atomic E-state index is 13.5. The topological polar surface area (TPSA) is 35.5 Å². The molecule has 0 heterocycles. The van der Waals surface area contributed by atoms with Crippen LogP contribution in [0.25, 0.3) is 0 Å². The Morgan fingerprint density at radius 2 is 2.00 bits per heavy atom. The van der Waals surface area contributed by atoms with Crippen molar-refractivity contribution in [1.82, 2.24) is 0 Å². The van der Waals surface area contributed by atoms with E-state index in [1.54, 1.807) is 36.4 Å². The van der Waals surface area contributed by atoms with Gasteiger partial charge >= 0.3 is 5.97 Å². The summed E-state index contributed by atoms with van der Waals surface area (Å²) in [6.45, 7) is -0.0338. The Balaban J connectivity index is 2.18. The van der Waals surface area contributed by atoms with Crippen LogP contribution in [-0.4, -0.2) is 19.7 Å². The first-order chi connectivity index (χ1) is 10.1. The van der Waals surface area contributed by atoms with Crippen LogP contribution in [0.1, 0.15) is 11.5 Å². The number of benzene rings is 2. The molecule has 0 spiro atoms. The average Bonchev–Trinajstić information content (AvgIpc) is 2.49. The van der Waals surface area contributed by atoms with E-state index in [1.807, 2.05) is 0 Å². The summed E-state index contributed by atoms with van der Waals surface area (Å²) in [5.74, 6) is -1.53. The SMILES string of the molecule is COC(=O)C(COc1ccccc1F)c1cccc(Cl)c1. The van der Waals surface area contributed by atoms with Crippen molar-refractivity contribution in [2.45, 2.75) is 5.92 Å². The van der Waals surface area contributed by atoms with E-state index < -0.39 is 17.7 Å². The molecule has 0 N–H and O–H groups in total. The molecule has 0 aliphatic heterocycles. The third kappa shape index (κ3) is 3.95. The number of carbonyl (C=O) groups is 1. The van der Waals surface area contributed by atoms with Gasteiger partial charge in [-0.15, -0.1) is 0 Å². The molecular formula is C16H14ClFO3. The van der Waals surface area contributed by atoms with E-state index >= 15 is 0 Å². The summed E-state index contributed by atoms with van der Waals surface area (Å²) < 4.78 is 23.7. The number of methoxy groups -OCH3 is 1. The lowest BCUT2D eigenvalue weighted by Crippen LogP contribution is -2.21. The second-order valence-electron chi connectivity index (χ2n) is 4.37. The molecule has 2 aromatic carbocycles. The molecule has 0 saturated heterocycles. The van der Waals surface area contributed by atoms with E-state index in [9.17, 15) is 9.18 Å². The summed E-state index contributed by atoms with van der Waals surface area (Å²) in [6, 6.07) is 12.9. The van der Waals surface area contributed by atoms with Crippen molar-refractivity contribution in [2.24, 2.45) is 0 Å². The van der Waals surface area contributed by atoms with Crippen LogP contribution in [0.5, 0.6) is 5.75 Å². The standard InChI is InChI=1S/C16H14ClFO3/c1-20-16(19)13(11-5-4-6-12(17)9-11)10-21-15-8-3-2-7-14(15)18/h2-9,13H,10H2,1H3. The molecule has 21 heavy (non-hydrogen) atoms. The molecular weight excluding hydrogens is 295 g/mol. The number of rotatable bonds is 5. The predicted octanol–water partition coefficient (Wildman–Crippen LogP) is 3.81. The van der Waals surface area contributed by atoms with Gasteiger partial charge in [0.25, 0.3) is 0 Å². The van der Waals surface area contributed by atoms with Crippen LogP contribution < -0.4 is 4.74 Å². The maximum atomic E-state index is 13.5. The van der Waals surface area contributed by atoms with Crippen molar-refractivity contribution < 1.29 is 18.7 Å². The Bertz CT molecular complexity index is 630. The molecule has 110 valence electrons. The van der Waals surface area contributed by atoms with Crippen molar-refractivity contribution in [3.05, 3.63) is 64.9 Å². The minimum atomic E-state index is -0.673. The number of hydrogen-bond donors (Lipinski definition) is 0. The monoisotopic (exact) mass is 308 g/mol. The third-order valence-corrected chi connectivity index (χ3v) is 3.21. The number of hydrogen-bond acceptors (Lipinski definition) is 3. The van der Waals surface area contributed by atoms with Gasteiger partial charge in [0.15, 0.2) is 11.6 Å². The number of ether oxygens (including phenoxy) is 2. The molecule has 3 nitrogen and oxygen atoms in total. The highest BCUT2D eigenvalue weighted by Gasteiger charge is 2.23.